The summed E-state index contributed by atoms with van der Waals surface area (Å²) < 4.78 is 0. The first-order chi connectivity index (χ1) is 12.4. The summed E-state index contributed by atoms with van der Waals surface area (Å²) in [7, 11) is 0. The van der Waals surface area contributed by atoms with Gasteiger partial charge >= 0.3 is 0 Å². The first kappa shape index (κ1) is 19.6. The van der Waals surface area contributed by atoms with Crippen molar-refractivity contribution >= 4 is 23.6 Å². The lowest BCUT2D eigenvalue weighted by Gasteiger charge is -2.34. The molecule has 1 aliphatic rings. The highest BCUT2D eigenvalue weighted by Crippen LogP contribution is 2.41. The van der Waals surface area contributed by atoms with E-state index in [0.717, 1.165) is 23.7 Å². The van der Waals surface area contributed by atoms with Gasteiger partial charge in [0, 0.05) is 12.0 Å². The monoisotopic (exact) mass is 368 g/mol. The van der Waals surface area contributed by atoms with Crippen molar-refractivity contribution in [2.24, 2.45) is 11.3 Å². The van der Waals surface area contributed by atoms with E-state index in [1.54, 1.807) is 13.8 Å². The van der Waals surface area contributed by atoms with Gasteiger partial charge < -0.3 is 10.6 Å². The molecule has 1 atom stereocenters. The first-order valence-corrected chi connectivity index (χ1v) is 9.17. The molecule has 2 amide bonds. The number of carbonyl (C=O) groups is 2. The molecule has 134 valence electrons. The van der Waals surface area contributed by atoms with Gasteiger partial charge in [0.1, 0.15) is 5.92 Å². The van der Waals surface area contributed by atoms with Crippen molar-refractivity contribution in [3.63, 3.8) is 0 Å². The molecule has 1 aromatic carbocycles. The smallest absolute Gasteiger partial charge is 0.243 e. The Morgan fingerprint density at radius 1 is 1.31 bits per heavy atom. The standard InChI is InChI=1S/C19H20N4O2S/c1-19(2)14(10-20)17(25)23-18(15(19)11-21)26-12-16(24)22-9-8-13-6-4-3-5-7-13/h3-7,14H,8-9,12H2,1-2H3,(H,22,24)(H,23,25)/t14-/m1/s1. The molecule has 26 heavy (non-hydrogen) atoms. The van der Waals surface area contributed by atoms with Crippen LogP contribution in [0.3, 0.4) is 0 Å². The summed E-state index contributed by atoms with van der Waals surface area (Å²) in [5.74, 6) is -1.46. The number of rotatable bonds is 6. The molecule has 0 radical (unpaired) electrons. The summed E-state index contributed by atoms with van der Waals surface area (Å²) in [6.07, 6.45) is 0.733. The number of hydrogen-bond donors (Lipinski definition) is 2. The Labute approximate surface area is 157 Å². The topological polar surface area (TPSA) is 106 Å². The Morgan fingerprint density at radius 3 is 2.62 bits per heavy atom. The van der Waals surface area contributed by atoms with Crippen LogP contribution in [0.1, 0.15) is 19.4 Å². The number of nitrogens with zero attached hydrogens (tertiary/aromatic N) is 2. The second-order valence-corrected chi connectivity index (χ2v) is 7.45. The van der Waals surface area contributed by atoms with E-state index in [1.807, 2.05) is 36.4 Å². The van der Waals surface area contributed by atoms with Crippen LogP contribution in [0.15, 0.2) is 40.9 Å². The third-order valence-electron chi connectivity index (χ3n) is 4.26. The van der Waals surface area contributed by atoms with Crippen LogP contribution in [-0.2, 0) is 16.0 Å². The Bertz CT molecular complexity index is 803. The molecule has 0 bridgehead atoms. The average molecular weight is 368 g/mol. The van der Waals surface area contributed by atoms with Crippen LogP contribution < -0.4 is 10.6 Å². The molecule has 0 saturated carbocycles. The van der Waals surface area contributed by atoms with Gasteiger partial charge in [0.05, 0.1) is 28.5 Å². The maximum absolute atomic E-state index is 12.1. The molecule has 7 heteroatoms. The minimum absolute atomic E-state index is 0.0862. The molecule has 2 rings (SSSR count). The number of thioether (sulfide) groups is 1. The highest BCUT2D eigenvalue weighted by atomic mass is 32.2. The maximum Gasteiger partial charge on any atom is 0.243 e. The number of hydrogen-bond acceptors (Lipinski definition) is 5. The molecule has 0 aromatic heterocycles. The van der Waals surface area contributed by atoms with E-state index in [2.05, 4.69) is 16.7 Å². The molecule has 6 nitrogen and oxygen atoms in total. The van der Waals surface area contributed by atoms with Gasteiger partial charge in [-0.05, 0) is 12.0 Å². The number of allylic oxidation sites excluding steroid dienone is 1. The third kappa shape index (κ3) is 4.44. The molecule has 0 aliphatic carbocycles. The molecule has 1 heterocycles. The summed E-state index contributed by atoms with van der Waals surface area (Å²) in [4.78, 5) is 24.1. The largest absolute Gasteiger partial charge is 0.355 e. The number of nitriles is 2. The minimum atomic E-state index is -0.929. The molecular weight excluding hydrogens is 348 g/mol. The molecule has 0 saturated heterocycles. The molecule has 0 fully saturated rings. The van der Waals surface area contributed by atoms with E-state index in [-0.39, 0.29) is 11.7 Å². The van der Waals surface area contributed by atoms with Crippen molar-refractivity contribution in [3.8, 4) is 12.1 Å². The Kier molecular flexibility index (Phi) is 6.43. The summed E-state index contributed by atoms with van der Waals surface area (Å²) in [6.45, 7) is 3.90. The lowest BCUT2D eigenvalue weighted by atomic mass is 9.72. The van der Waals surface area contributed by atoms with Crippen LogP contribution in [0, 0.1) is 34.0 Å². The van der Waals surface area contributed by atoms with Crippen molar-refractivity contribution in [3.05, 3.63) is 46.5 Å². The predicted molar refractivity (Wildman–Crippen MR) is 99.3 cm³/mol. The van der Waals surface area contributed by atoms with Crippen molar-refractivity contribution in [1.29, 1.82) is 10.5 Å². The van der Waals surface area contributed by atoms with E-state index in [4.69, 9.17) is 0 Å². The number of carbonyl (C=O) groups excluding carboxylic acids is 2. The van der Waals surface area contributed by atoms with E-state index in [9.17, 15) is 20.1 Å². The summed E-state index contributed by atoms with van der Waals surface area (Å²) in [6, 6.07) is 13.9. The van der Waals surface area contributed by atoms with Gasteiger partial charge in [0.15, 0.2) is 0 Å². The van der Waals surface area contributed by atoms with E-state index in [0.29, 0.717) is 17.1 Å². The Balaban J connectivity index is 1.94. The van der Waals surface area contributed by atoms with Crippen LogP contribution in [0.4, 0.5) is 0 Å². The zero-order valence-corrected chi connectivity index (χ0v) is 15.5. The minimum Gasteiger partial charge on any atom is -0.355 e. The molecular formula is C19H20N4O2S. The average Bonchev–Trinajstić information content (AvgIpc) is 2.60. The quantitative estimate of drug-likeness (QED) is 0.800. The molecule has 1 aromatic rings. The molecule has 0 spiro atoms. The lowest BCUT2D eigenvalue weighted by molar-refractivity contribution is -0.125. The highest BCUT2D eigenvalue weighted by Gasteiger charge is 2.44. The van der Waals surface area contributed by atoms with Crippen molar-refractivity contribution in [2.45, 2.75) is 20.3 Å². The van der Waals surface area contributed by atoms with Crippen molar-refractivity contribution in [2.75, 3.05) is 12.3 Å². The third-order valence-corrected chi connectivity index (χ3v) is 5.26. The zero-order chi connectivity index (χ0) is 19.2. The summed E-state index contributed by atoms with van der Waals surface area (Å²) in [5.41, 5.74) is 0.572. The second-order valence-electron chi connectivity index (χ2n) is 6.46. The van der Waals surface area contributed by atoms with E-state index < -0.39 is 17.2 Å². The van der Waals surface area contributed by atoms with Crippen LogP contribution in [-0.4, -0.2) is 24.1 Å². The fraction of sp³-hybridized carbons (Fsp3) is 0.368. The molecule has 2 N–H and O–H groups in total. The van der Waals surface area contributed by atoms with Gasteiger partial charge in [0.2, 0.25) is 11.8 Å². The second kappa shape index (κ2) is 8.55. The number of benzene rings is 1. The number of amides is 2. The summed E-state index contributed by atoms with van der Waals surface area (Å²) in [5, 5.41) is 24.4. The first-order valence-electron chi connectivity index (χ1n) is 8.19. The maximum atomic E-state index is 12.1. The Morgan fingerprint density at radius 2 is 2.00 bits per heavy atom. The van der Waals surface area contributed by atoms with Crippen LogP contribution in [0.2, 0.25) is 0 Å². The zero-order valence-electron chi connectivity index (χ0n) is 14.7. The van der Waals surface area contributed by atoms with Crippen LogP contribution in [0.25, 0.3) is 0 Å². The van der Waals surface area contributed by atoms with Gasteiger partial charge in [-0.1, -0.05) is 55.9 Å². The lowest BCUT2D eigenvalue weighted by Crippen LogP contribution is -2.44. The van der Waals surface area contributed by atoms with E-state index in [1.165, 1.54) is 0 Å². The van der Waals surface area contributed by atoms with Crippen LogP contribution in [0.5, 0.6) is 0 Å². The van der Waals surface area contributed by atoms with Crippen molar-refractivity contribution < 1.29 is 9.59 Å². The normalized spacial score (nSPS) is 18.5. The van der Waals surface area contributed by atoms with Gasteiger partial charge in [-0.3, -0.25) is 9.59 Å². The fourth-order valence-corrected chi connectivity index (χ4v) is 3.72. The fourth-order valence-electron chi connectivity index (χ4n) is 2.71. The van der Waals surface area contributed by atoms with E-state index >= 15 is 0 Å². The van der Waals surface area contributed by atoms with Gasteiger partial charge in [0.25, 0.3) is 0 Å². The van der Waals surface area contributed by atoms with Gasteiger partial charge in [-0.2, -0.15) is 10.5 Å². The molecule has 1 aliphatic heterocycles. The Hall–Kier alpha value is -2.77. The number of nitrogens with one attached hydrogen (secondary N) is 2. The molecule has 0 unspecified atom stereocenters. The highest BCUT2D eigenvalue weighted by molar-refractivity contribution is 8.03. The summed E-state index contributed by atoms with van der Waals surface area (Å²) >= 11 is 1.11. The van der Waals surface area contributed by atoms with Crippen molar-refractivity contribution in [1.82, 2.24) is 10.6 Å². The van der Waals surface area contributed by atoms with Gasteiger partial charge in [-0.25, -0.2) is 0 Å². The predicted octanol–water partition coefficient (Wildman–Crippen LogP) is 2.11. The van der Waals surface area contributed by atoms with Crippen LogP contribution >= 0.6 is 11.8 Å². The SMILES string of the molecule is CC1(C)C(C#N)=C(SCC(=O)NCCc2ccccc2)NC(=O)[C@H]1C#N. The van der Waals surface area contributed by atoms with Gasteiger partial charge in [-0.15, -0.1) is 0 Å².